The van der Waals surface area contributed by atoms with Crippen molar-refractivity contribution in [1.29, 1.82) is 0 Å². The molecule has 0 aromatic heterocycles. The highest BCUT2D eigenvalue weighted by Gasteiger charge is 2.24. The molecule has 1 atom stereocenters. The summed E-state index contributed by atoms with van der Waals surface area (Å²) in [5, 5.41) is 5.52. The molecule has 2 aromatic rings. The Morgan fingerprint density at radius 1 is 1.19 bits per heavy atom. The van der Waals surface area contributed by atoms with Gasteiger partial charge in [-0.15, -0.1) is 11.8 Å². The average Bonchev–Trinajstić information content (AvgIpc) is 2.84. The van der Waals surface area contributed by atoms with Crippen LogP contribution < -0.4 is 20.1 Å². The minimum absolute atomic E-state index is 0.0520. The first-order valence-corrected chi connectivity index (χ1v) is 9.68. The van der Waals surface area contributed by atoms with Gasteiger partial charge in [0.15, 0.2) is 11.5 Å². The molecule has 2 amide bonds. The molecule has 0 aliphatic carbocycles. The fourth-order valence-corrected chi connectivity index (χ4v) is 3.86. The second kappa shape index (κ2) is 8.81. The zero-order valence-electron chi connectivity index (χ0n) is 15.3. The van der Waals surface area contributed by atoms with Crippen LogP contribution in [0.25, 0.3) is 0 Å². The third-order valence-corrected chi connectivity index (χ3v) is 5.61. The van der Waals surface area contributed by atoms with E-state index in [0.29, 0.717) is 23.6 Å². The van der Waals surface area contributed by atoms with Crippen molar-refractivity contribution >= 4 is 35.0 Å². The molecule has 2 N–H and O–H groups in total. The summed E-state index contributed by atoms with van der Waals surface area (Å²) < 4.78 is 10.4. The van der Waals surface area contributed by atoms with Gasteiger partial charge in [-0.05, 0) is 36.6 Å². The molecule has 2 aromatic carbocycles. The van der Waals surface area contributed by atoms with Crippen LogP contribution in [0.5, 0.6) is 11.5 Å². The van der Waals surface area contributed by atoms with Gasteiger partial charge in [-0.2, -0.15) is 0 Å². The summed E-state index contributed by atoms with van der Waals surface area (Å²) in [6, 6.07) is 13.0. The highest BCUT2D eigenvalue weighted by Crippen LogP contribution is 2.30. The number of ether oxygens (including phenoxy) is 2. The van der Waals surface area contributed by atoms with Gasteiger partial charge in [0, 0.05) is 17.4 Å². The van der Waals surface area contributed by atoms with Crippen molar-refractivity contribution < 1.29 is 19.1 Å². The van der Waals surface area contributed by atoms with Crippen LogP contribution in [-0.4, -0.2) is 37.0 Å². The van der Waals surface area contributed by atoms with Crippen LogP contribution in [0.3, 0.4) is 0 Å². The minimum Gasteiger partial charge on any atom is -0.493 e. The quantitative estimate of drug-likeness (QED) is 0.796. The van der Waals surface area contributed by atoms with Crippen molar-refractivity contribution in [2.24, 2.45) is 0 Å². The maximum atomic E-state index is 12.4. The number of rotatable bonds is 6. The van der Waals surface area contributed by atoms with Crippen LogP contribution in [0.1, 0.15) is 12.0 Å². The molecule has 0 spiro atoms. The summed E-state index contributed by atoms with van der Waals surface area (Å²) in [5.41, 5.74) is 2.61. The zero-order valence-corrected chi connectivity index (χ0v) is 16.1. The summed E-state index contributed by atoms with van der Waals surface area (Å²) in [5.74, 6) is 1.12. The number of anilines is 2. The highest BCUT2D eigenvalue weighted by atomic mass is 32.2. The SMILES string of the molecule is COc1ccc(NC(=O)CS[C@H]2CCc3ccccc3NC2=O)cc1OC. The van der Waals surface area contributed by atoms with E-state index in [9.17, 15) is 9.59 Å². The number of hydrogen-bond donors (Lipinski definition) is 2. The molecule has 27 heavy (non-hydrogen) atoms. The predicted molar refractivity (Wildman–Crippen MR) is 108 cm³/mol. The third kappa shape index (κ3) is 4.74. The standard InChI is InChI=1S/C20H22N2O4S/c1-25-16-9-8-14(11-17(16)26-2)21-19(23)12-27-18-10-7-13-5-3-4-6-15(13)22-20(18)24/h3-6,8-9,11,18H,7,10,12H2,1-2H3,(H,21,23)(H,22,24)/t18-/m0/s1. The van der Waals surface area contributed by atoms with E-state index in [2.05, 4.69) is 10.6 Å². The van der Waals surface area contributed by atoms with E-state index in [-0.39, 0.29) is 22.8 Å². The van der Waals surface area contributed by atoms with Crippen LogP contribution >= 0.6 is 11.8 Å². The summed E-state index contributed by atoms with van der Waals surface area (Å²) in [4.78, 5) is 24.7. The first-order valence-electron chi connectivity index (χ1n) is 8.63. The molecule has 0 fully saturated rings. The van der Waals surface area contributed by atoms with Gasteiger partial charge in [-0.3, -0.25) is 9.59 Å². The van der Waals surface area contributed by atoms with E-state index in [1.807, 2.05) is 24.3 Å². The summed E-state index contributed by atoms with van der Waals surface area (Å²) >= 11 is 1.35. The van der Waals surface area contributed by atoms with Crippen LogP contribution in [0.15, 0.2) is 42.5 Å². The van der Waals surface area contributed by atoms with Gasteiger partial charge >= 0.3 is 0 Å². The van der Waals surface area contributed by atoms with E-state index in [1.54, 1.807) is 32.4 Å². The number of aryl methyl sites for hydroxylation is 1. The summed E-state index contributed by atoms with van der Waals surface area (Å²) in [6.45, 7) is 0. The predicted octanol–water partition coefficient (Wildman–Crippen LogP) is 3.33. The topological polar surface area (TPSA) is 76.7 Å². The van der Waals surface area contributed by atoms with Gasteiger partial charge in [0.2, 0.25) is 11.8 Å². The number of hydrogen-bond acceptors (Lipinski definition) is 5. The molecule has 3 rings (SSSR count). The maximum absolute atomic E-state index is 12.4. The number of nitrogens with one attached hydrogen (secondary N) is 2. The Bertz CT molecular complexity index is 840. The Morgan fingerprint density at radius 3 is 2.74 bits per heavy atom. The van der Waals surface area contributed by atoms with Gasteiger partial charge in [0.25, 0.3) is 0 Å². The van der Waals surface area contributed by atoms with Gasteiger partial charge in [0.1, 0.15) is 0 Å². The first kappa shape index (κ1) is 19.1. The minimum atomic E-state index is -0.256. The Hall–Kier alpha value is -2.67. The Labute approximate surface area is 162 Å². The van der Waals surface area contributed by atoms with Crippen LogP contribution in [0.2, 0.25) is 0 Å². The molecular formula is C20H22N2O4S. The van der Waals surface area contributed by atoms with Crippen LogP contribution in [0, 0.1) is 0 Å². The lowest BCUT2D eigenvalue weighted by atomic mass is 10.1. The van der Waals surface area contributed by atoms with Crippen molar-refractivity contribution in [2.75, 3.05) is 30.6 Å². The van der Waals surface area contributed by atoms with Crippen molar-refractivity contribution in [2.45, 2.75) is 18.1 Å². The zero-order chi connectivity index (χ0) is 19.2. The van der Waals surface area contributed by atoms with E-state index in [4.69, 9.17) is 9.47 Å². The normalized spacial score (nSPS) is 15.9. The second-order valence-electron chi connectivity index (χ2n) is 6.10. The van der Waals surface area contributed by atoms with E-state index in [1.165, 1.54) is 11.8 Å². The first-order chi connectivity index (χ1) is 13.1. The molecule has 6 nitrogen and oxygen atoms in total. The maximum Gasteiger partial charge on any atom is 0.237 e. The highest BCUT2D eigenvalue weighted by molar-refractivity contribution is 8.01. The van der Waals surface area contributed by atoms with Crippen molar-refractivity contribution in [1.82, 2.24) is 0 Å². The molecular weight excluding hydrogens is 364 g/mol. The van der Waals surface area contributed by atoms with Gasteiger partial charge < -0.3 is 20.1 Å². The summed E-state index contributed by atoms with van der Waals surface area (Å²) in [6.07, 6.45) is 1.51. The number of amides is 2. The number of carbonyl (C=O) groups is 2. The average molecular weight is 386 g/mol. The molecule has 1 aliphatic heterocycles. The van der Waals surface area contributed by atoms with Crippen molar-refractivity contribution in [3.05, 3.63) is 48.0 Å². The van der Waals surface area contributed by atoms with Gasteiger partial charge in [-0.25, -0.2) is 0 Å². The smallest absolute Gasteiger partial charge is 0.237 e. The molecule has 0 unspecified atom stereocenters. The van der Waals surface area contributed by atoms with E-state index in [0.717, 1.165) is 17.7 Å². The fourth-order valence-electron chi connectivity index (χ4n) is 2.94. The molecule has 0 saturated heterocycles. The number of fused-ring (bicyclic) bond motifs is 1. The molecule has 7 heteroatoms. The summed E-state index contributed by atoms with van der Waals surface area (Å²) in [7, 11) is 3.10. The Morgan fingerprint density at radius 2 is 1.96 bits per heavy atom. The molecule has 1 heterocycles. The van der Waals surface area contributed by atoms with Crippen molar-refractivity contribution in [3.8, 4) is 11.5 Å². The molecule has 0 bridgehead atoms. The second-order valence-corrected chi connectivity index (χ2v) is 7.29. The Kier molecular flexibility index (Phi) is 6.24. The largest absolute Gasteiger partial charge is 0.493 e. The number of thioether (sulfide) groups is 1. The van der Waals surface area contributed by atoms with E-state index < -0.39 is 0 Å². The number of carbonyl (C=O) groups excluding carboxylic acids is 2. The molecule has 0 radical (unpaired) electrons. The molecule has 0 saturated carbocycles. The Balaban J connectivity index is 1.56. The monoisotopic (exact) mass is 386 g/mol. The number of methoxy groups -OCH3 is 2. The van der Waals surface area contributed by atoms with Crippen LogP contribution in [-0.2, 0) is 16.0 Å². The van der Waals surface area contributed by atoms with Gasteiger partial charge in [-0.1, -0.05) is 18.2 Å². The van der Waals surface area contributed by atoms with Crippen molar-refractivity contribution in [3.63, 3.8) is 0 Å². The molecule has 1 aliphatic rings. The van der Waals surface area contributed by atoms with E-state index >= 15 is 0 Å². The fraction of sp³-hybridized carbons (Fsp3) is 0.300. The lowest BCUT2D eigenvalue weighted by Gasteiger charge is -2.13. The number of para-hydroxylation sites is 1. The number of benzene rings is 2. The van der Waals surface area contributed by atoms with Crippen LogP contribution in [0.4, 0.5) is 11.4 Å². The lowest BCUT2D eigenvalue weighted by molar-refractivity contribution is -0.115. The third-order valence-electron chi connectivity index (χ3n) is 4.33. The van der Waals surface area contributed by atoms with Gasteiger partial charge in [0.05, 0.1) is 25.2 Å². The molecule has 142 valence electrons. The lowest BCUT2D eigenvalue weighted by Crippen LogP contribution is -2.26.